The van der Waals surface area contributed by atoms with Crippen molar-refractivity contribution in [2.24, 2.45) is 0 Å². The van der Waals surface area contributed by atoms with Gasteiger partial charge in [0.05, 0.1) is 5.57 Å². The summed E-state index contributed by atoms with van der Waals surface area (Å²) in [4.78, 5) is 29.4. The molecule has 1 aliphatic rings. The van der Waals surface area contributed by atoms with Gasteiger partial charge in [-0.05, 0) is 44.3 Å². The van der Waals surface area contributed by atoms with E-state index in [0.717, 1.165) is 17.6 Å². The monoisotopic (exact) mass is 460 g/mol. The number of Topliss-reactive ketones (excluding diaryl/α,β-unsaturated/α-hetero) is 1. The SMILES string of the molecule is CCN(CC)CCN1C(=O)C(=O)/C(=C(\O)c2ccc(Br)cc2)C1c1ccc(C)o1. The molecule has 0 spiro atoms. The Bertz CT molecular complexity index is 929. The first kappa shape index (κ1) is 21.3. The van der Waals surface area contributed by atoms with Crippen LogP contribution < -0.4 is 0 Å². The number of aryl methyl sites for hydroxylation is 1. The summed E-state index contributed by atoms with van der Waals surface area (Å²) < 4.78 is 6.63. The third kappa shape index (κ3) is 4.31. The summed E-state index contributed by atoms with van der Waals surface area (Å²) in [6, 6.07) is 9.75. The summed E-state index contributed by atoms with van der Waals surface area (Å²) in [5, 5.41) is 10.9. The summed E-state index contributed by atoms with van der Waals surface area (Å²) in [5.74, 6) is -0.350. The average Bonchev–Trinajstić information content (AvgIpc) is 3.24. The number of aliphatic hydroxyl groups excluding tert-OH is 1. The Balaban J connectivity index is 2.06. The lowest BCUT2D eigenvalue weighted by Gasteiger charge is -2.26. The predicted molar refractivity (Wildman–Crippen MR) is 114 cm³/mol. The minimum absolute atomic E-state index is 0.0613. The number of carbonyl (C=O) groups excluding carboxylic acids is 2. The molecule has 0 radical (unpaired) electrons. The van der Waals surface area contributed by atoms with Gasteiger partial charge < -0.3 is 19.3 Å². The molecule has 0 bridgehead atoms. The lowest BCUT2D eigenvalue weighted by molar-refractivity contribution is -0.140. The van der Waals surface area contributed by atoms with Crippen molar-refractivity contribution in [3.63, 3.8) is 0 Å². The second-order valence-electron chi connectivity index (χ2n) is 6.97. The summed E-state index contributed by atoms with van der Waals surface area (Å²) in [6.07, 6.45) is 0. The van der Waals surface area contributed by atoms with E-state index in [2.05, 4.69) is 34.7 Å². The number of rotatable bonds is 7. The van der Waals surface area contributed by atoms with E-state index in [1.807, 2.05) is 0 Å². The molecule has 2 heterocycles. The Morgan fingerprint density at radius 1 is 1.14 bits per heavy atom. The third-order valence-corrected chi connectivity index (χ3v) is 5.77. The van der Waals surface area contributed by atoms with E-state index in [0.29, 0.717) is 30.2 Å². The number of likely N-dealkylation sites (tertiary alicyclic amines) is 1. The van der Waals surface area contributed by atoms with Crippen LogP contribution in [0.2, 0.25) is 0 Å². The minimum atomic E-state index is -0.747. The molecule has 1 N–H and O–H groups in total. The lowest BCUT2D eigenvalue weighted by Crippen LogP contribution is -2.37. The Labute approximate surface area is 178 Å². The van der Waals surface area contributed by atoms with E-state index in [4.69, 9.17) is 4.42 Å². The number of ketones is 1. The largest absolute Gasteiger partial charge is 0.507 e. The summed E-state index contributed by atoms with van der Waals surface area (Å²) in [5.41, 5.74) is 0.537. The van der Waals surface area contributed by atoms with Gasteiger partial charge in [0.2, 0.25) is 0 Å². The van der Waals surface area contributed by atoms with E-state index in [-0.39, 0.29) is 11.3 Å². The van der Waals surface area contributed by atoms with Crippen LogP contribution in [0.25, 0.3) is 5.76 Å². The zero-order valence-corrected chi connectivity index (χ0v) is 18.4. The van der Waals surface area contributed by atoms with Crippen molar-refractivity contribution in [3.8, 4) is 0 Å². The van der Waals surface area contributed by atoms with Crippen molar-refractivity contribution in [2.75, 3.05) is 26.2 Å². The maximum atomic E-state index is 12.9. The highest BCUT2D eigenvalue weighted by atomic mass is 79.9. The maximum Gasteiger partial charge on any atom is 0.295 e. The quantitative estimate of drug-likeness (QED) is 0.382. The first-order chi connectivity index (χ1) is 13.9. The van der Waals surface area contributed by atoms with E-state index in [9.17, 15) is 14.7 Å². The van der Waals surface area contributed by atoms with Gasteiger partial charge in [-0.3, -0.25) is 9.59 Å². The standard InChI is InChI=1S/C22H25BrN2O4/c1-4-24(5-2)12-13-25-19(17-11-6-14(3)29-17)18(21(27)22(25)28)20(26)15-7-9-16(23)10-8-15/h6-11,19,26H,4-5,12-13H2,1-3H3/b20-18-. The molecule has 29 heavy (non-hydrogen) atoms. The summed E-state index contributed by atoms with van der Waals surface area (Å²) in [7, 11) is 0. The highest BCUT2D eigenvalue weighted by molar-refractivity contribution is 9.10. The lowest BCUT2D eigenvalue weighted by atomic mass is 9.99. The molecule has 1 fully saturated rings. The van der Waals surface area contributed by atoms with E-state index < -0.39 is 17.7 Å². The van der Waals surface area contributed by atoms with Gasteiger partial charge in [0.1, 0.15) is 23.3 Å². The molecule has 1 aliphatic heterocycles. The van der Waals surface area contributed by atoms with Gasteiger partial charge in [0.25, 0.3) is 11.7 Å². The van der Waals surface area contributed by atoms with Crippen LogP contribution in [0.4, 0.5) is 0 Å². The van der Waals surface area contributed by atoms with Crippen LogP contribution in [0, 0.1) is 6.92 Å². The van der Waals surface area contributed by atoms with Crippen LogP contribution in [0.1, 0.15) is 37.0 Å². The van der Waals surface area contributed by atoms with Crippen LogP contribution in [-0.4, -0.2) is 52.8 Å². The molecule has 154 valence electrons. The number of aliphatic hydroxyl groups is 1. The zero-order chi connectivity index (χ0) is 21.1. The Morgan fingerprint density at radius 3 is 2.34 bits per heavy atom. The van der Waals surface area contributed by atoms with Gasteiger partial charge in [0, 0.05) is 23.1 Å². The number of benzene rings is 1. The summed E-state index contributed by atoms with van der Waals surface area (Å²) in [6.45, 7) is 8.62. The zero-order valence-electron chi connectivity index (χ0n) is 16.8. The minimum Gasteiger partial charge on any atom is -0.507 e. The van der Waals surface area contributed by atoms with E-state index >= 15 is 0 Å². The number of carbonyl (C=O) groups is 2. The highest BCUT2D eigenvalue weighted by Crippen LogP contribution is 2.39. The molecule has 1 atom stereocenters. The molecule has 6 nitrogen and oxygen atoms in total. The second-order valence-corrected chi connectivity index (χ2v) is 7.89. The molecule has 7 heteroatoms. The van der Waals surface area contributed by atoms with Crippen LogP contribution in [0.15, 0.2) is 50.9 Å². The fourth-order valence-corrected chi connectivity index (χ4v) is 3.82. The van der Waals surface area contributed by atoms with Crippen LogP contribution in [-0.2, 0) is 9.59 Å². The molecule has 3 rings (SSSR count). The number of furan rings is 1. The molecule has 2 aromatic rings. The molecule has 1 amide bonds. The van der Waals surface area contributed by atoms with Gasteiger partial charge >= 0.3 is 0 Å². The molecule has 1 aromatic carbocycles. The number of halogens is 1. The molecule has 0 aliphatic carbocycles. The van der Waals surface area contributed by atoms with Crippen molar-refractivity contribution in [2.45, 2.75) is 26.8 Å². The fraction of sp³-hybridized carbons (Fsp3) is 0.364. The van der Waals surface area contributed by atoms with Gasteiger partial charge in [-0.15, -0.1) is 0 Å². The molecule has 1 aromatic heterocycles. The molecular formula is C22H25BrN2O4. The fourth-order valence-electron chi connectivity index (χ4n) is 3.56. The number of nitrogens with zero attached hydrogens (tertiary/aromatic N) is 2. The Kier molecular flexibility index (Phi) is 6.59. The third-order valence-electron chi connectivity index (χ3n) is 5.24. The van der Waals surface area contributed by atoms with Gasteiger partial charge in [-0.2, -0.15) is 0 Å². The average molecular weight is 461 g/mol. The van der Waals surface area contributed by atoms with Crippen molar-refractivity contribution in [1.82, 2.24) is 9.80 Å². The van der Waals surface area contributed by atoms with Gasteiger partial charge in [-0.25, -0.2) is 0 Å². The topological polar surface area (TPSA) is 74.0 Å². The van der Waals surface area contributed by atoms with Crippen LogP contribution in [0.3, 0.4) is 0 Å². The van der Waals surface area contributed by atoms with Crippen LogP contribution >= 0.6 is 15.9 Å². The smallest absolute Gasteiger partial charge is 0.295 e. The molecule has 1 saturated heterocycles. The highest BCUT2D eigenvalue weighted by Gasteiger charge is 2.47. The molecule has 1 unspecified atom stereocenters. The number of amides is 1. The number of likely N-dealkylation sites (N-methyl/N-ethyl adjacent to an activating group) is 1. The van der Waals surface area contributed by atoms with Gasteiger partial charge in [-0.1, -0.05) is 41.9 Å². The van der Waals surface area contributed by atoms with Gasteiger partial charge in [0.15, 0.2) is 0 Å². The van der Waals surface area contributed by atoms with Crippen molar-refractivity contribution < 1.29 is 19.1 Å². The maximum absolute atomic E-state index is 12.9. The van der Waals surface area contributed by atoms with E-state index in [1.165, 1.54) is 4.90 Å². The predicted octanol–water partition coefficient (Wildman–Crippen LogP) is 4.11. The Morgan fingerprint density at radius 2 is 1.79 bits per heavy atom. The van der Waals surface area contributed by atoms with Crippen molar-refractivity contribution in [1.29, 1.82) is 0 Å². The number of hydrogen-bond acceptors (Lipinski definition) is 5. The molecular weight excluding hydrogens is 436 g/mol. The number of hydrogen-bond donors (Lipinski definition) is 1. The first-order valence-electron chi connectivity index (χ1n) is 9.70. The van der Waals surface area contributed by atoms with Crippen LogP contribution in [0.5, 0.6) is 0 Å². The van der Waals surface area contributed by atoms with E-state index in [1.54, 1.807) is 43.3 Å². The summed E-state index contributed by atoms with van der Waals surface area (Å²) >= 11 is 3.36. The van der Waals surface area contributed by atoms with Crippen molar-refractivity contribution >= 4 is 33.4 Å². The normalized spacial score (nSPS) is 18.8. The Hall–Kier alpha value is -2.38. The van der Waals surface area contributed by atoms with Crippen molar-refractivity contribution in [3.05, 3.63) is 63.5 Å². The molecule has 0 saturated carbocycles. The first-order valence-corrected chi connectivity index (χ1v) is 10.5. The second kappa shape index (κ2) is 8.97.